The highest BCUT2D eigenvalue weighted by Gasteiger charge is 2.18. The van der Waals surface area contributed by atoms with Crippen molar-refractivity contribution in [2.24, 2.45) is 0 Å². The highest BCUT2D eigenvalue weighted by molar-refractivity contribution is 5.76. The molecule has 6 heteroatoms. The Bertz CT molecular complexity index is 1040. The van der Waals surface area contributed by atoms with Crippen LogP contribution in [-0.4, -0.2) is 47.4 Å². The molecule has 0 rings (SSSR count). The van der Waals surface area contributed by atoms with Crippen molar-refractivity contribution in [2.45, 2.75) is 341 Å². The molecule has 3 N–H and O–H groups in total. The van der Waals surface area contributed by atoms with E-state index in [0.29, 0.717) is 19.4 Å². The standard InChI is InChI=1S/C61H117NO5/c1-3-5-7-9-11-13-15-17-19-21-22-23-24-25-27-28-30-33-37-41-45-49-53-59(64)58(57-63)62-60(65)54-50-46-42-38-34-32-36-40-44-48-52-56-67-61(66)55-51-47-43-39-35-31-29-26-20-18-16-14-12-10-8-6-4-2/h18,20,49,53,58-59,63-64H,3-17,19,21-48,50-52,54-57H2,1-2H3,(H,62,65)/b20-18-,53-49+. The average molecular weight is 945 g/mol. The van der Waals surface area contributed by atoms with Crippen LogP contribution in [0, 0.1) is 0 Å². The Balaban J connectivity index is 3.49. The molecule has 396 valence electrons. The summed E-state index contributed by atoms with van der Waals surface area (Å²) in [5.41, 5.74) is 0. The van der Waals surface area contributed by atoms with Gasteiger partial charge in [-0.05, 0) is 57.8 Å². The van der Waals surface area contributed by atoms with E-state index in [1.165, 1.54) is 244 Å². The van der Waals surface area contributed by atoms with Gasteiger partial charge in [0.25, 0.3) is 0 Å². The number of hydrogen-bond donors (Lipinski definition) is 3. The van der Waals surface area contributed by atoms with E-state index in [4.69, 9.17) is 4.74 Å². The summed E-state index contributed by atoms with van der Waals surface area (Å²) >= 11 is 0. The second kappa shape index (κ2) is 56.9. The molecule has 0 heterocycles. The van der Waals surface area contributed by atoms with Gasteiger partial charge in [-0.2, -0.15) is 0 Å². The van der Waals surface area contributed by atoms with Crippen molar-refractivity contribution >= 4 is 11.9 Å². The molecule has 1 amide bonds. The minimum Gasteiger partial charge on any atom is -0.466 e. The number of aliphatic hydroxyl groups is 2. The van der Waals surface area contributed by atoms with E-state index in [9.17, 15) is 19.8 Å². The Kier molecular flexibility index (Phi) is 55.5. The molecule has 0 aliphatic rings. The Morgan fingerprint density at radius 3 is 1.06 bits per heavy atom. The fourth-order valence-corrected chi connectivity index (χ4v) is 9.34. The highest BCUT2D eigenvalue weighted by Crippen LogP contribution is 2.17. The van der Waals surface area contributed by atoms with Gasteiger partial charge in [0.05, 0.1) is 25.4 Å². The van der Waals surface area contributed by atoms with Gasteiger partial charge in [0.15, 0.2) is 0 Å². The van der Waals surface area contributed by atoms with E-state index in [1.54, 1.807) is 6.08 Å². The van der Waals surface area contributed by atoms with Gasteiger partial charge in [-0.3, -0.25) is 9.59 Å². The van der Waals surface area contributed by atoms with Gasteiger partial charge in [0.2, 0.25) is 5.91 Å². The number of amides is 1. The molecule has 0 aliphatic carbocycles. The van der Waals surface area contributed by atoms with Crippen LogP contribution in [-0.2, 0) is 14.3 Å². The maximum Gasteiger partial charge on any atom is 0.305 e. The first-order chi connectivity index (χ1) is 33.0. The van der Waals surface area contributed by atoms with E-state index in [-0.39, 0.29) is 18.5 Å². The van der Waals surface area contributed by atoms with Gasteiger partial charge in [-0.15, -0.1) is 0 Å². The van der Waals surface area contributed by atoms with Crippen LogP contribution in [0.1, 0.15) is 328 Å². The molecule has 0 aromatic heterocycles. The monoisotopic (exact) mass is 944 g/mol. The van der Waals surface area contributed by atoms with Crippen LogP contribution in [0.4, 0.5) is 0 Å². The Morgan fingerprint density at radius 1 is 0.403 bits per heavy atom. The molecule has 0 fully saturated rings. The fraction of sp³-hybridized carbons (Fsp3) is 0.902. The summed E-state index contributed by atoms with van der Waals surface area (Å²) in [4.78, 5) is 24.6. The number of allylic oxidation sites excluding steroid dienone is 3. The lowest BCUT2D eigenvalue weighted by Crippen LogP contribution is -2.45. The molecule has 0 saturated carbocycles. The number of nitrogens with one attached hydrogen (secondary N) is 1. The molecule has 2 atom stereocenters. The molecular formula is C61H117NO5. The summed E-state index contributed by atoms with van der Waals surface area (Å²) in [5, 5.41) is 23.2. The zero-order chi connectivity index (χ0) is 48.6. The van der Waals surface area contributed by atoms with Gasteiger partial charge in [0.1, 0.15) is 0 Å². The number of ether oxygens (including phenoxy) is 1. The molecule has 0 aromatic carbocycles. The molecule has 6 nitrogen and oxygen atoms in total. The van der Waals surface area contributed by atoms with Crippen molar-refractivity contribution in [1.29, 1.82) is 0 Å². The minimum atomic E-state index is -0.858. The number of carbonyl (C=O) groups is 2. The maximum absolute atomic E-state index is 12.5. The quantitative estimate of drug-likeness (QED) is 0.0321. The summed E-state index contributed by atoms with van der Waals surface area (Å²) in [6.45, 7) is 4.88. The largest absolute Gasteiger partial charge is 0.466 e. The van der Waals surface area contributed by atoms with Crippen LogP contribution < -0.4 is 5.32 Å². The maximum atomic E-state index is 12.5. The number of rotatable bonds is 56. The first-order valence-corrected chi connectivity index (χ1v) is 30.1. The second-order valence-electron chi connectivity index (χ2n) is 20.7. The zero-order valence-corrected chi connectivity index (χ0v) is 45.1. The smallest absolute Gasteiger partial charge is 0.305 e. The Labute approximate surface area is 418 Å². The first kappa shape index (κ1) is 65.3. The third-order valence-corrected chi connectivity index (χ3v) is 14.0. The fourth-order valence-electron chi connectivity index (χ4n) is 9.34. The van der Waals surface area contributed by atoms with Crippen molar-refractivity contribution in [3.05, 3.63) is 24.3 Å². The van der Waals surface area contributed by atoms with Gasteiger partial charge in [-0.25, -0.2) is 0 Å². The molecule has 0 aromatic rings. The average Bonchev–Trinajstić information content (AvgIpc) is 3.33. The molecule has 0 bridgehead atoms. The van der Waals surface area contributed by atoms with Gasteiger partial charge in [0, 0.05) is 12.8 Å². The van der Waals surface area contributed by atoms with E-state index in [0.717, 1.165) is 57.8 Å². The predicted octanol–water partition coefficient (Wildman–Crippen LogP) is 18.6. The summed E-state index contributed by atoms with van der Waals surface area (Å²) in [6, 6.07) is -0.643. The summed E-state index contributed by atoms with van der Waals surface area (Å²) in [5.74, 6) is -0.102. The third kappa shape index (κ3) is 53.5. The molecule has 0 aliphatic heterocycles. The lowest BCUT2D eigenvalue weighted by molar-refractivity contribution is -0.143. The van der Waals surface area contributed by atoms with Crippen molar-refractivity contribution in [2.75, 3.05) is 13.2 Å². The van der Waals surface area contributed by atoms with Crippen LogP contribution in [0.5, 0.6) is 0 Å². The molecule has 0 saturated heterocycles. The molecule has 0 radical (unpaired) electrons. The van der Waals surface area contributed by atoms with Crippen LogP contribution in [0.15, 0.2) is 24.3 Å². The van der Waals surface area contributed by atoms with Gasteiger partial charge >= 0.3 is 5.97 Å². The van der Waals surface area contributed by atoms with Crippen LogP contribution >= 0.6 is 0 Å². The summed E-state index contributed by atoms with van der Waals surface area (Å²) in [6.07, 6.45) is 69.1. The third-order valence-electron chi connectivity index (χ3n) is 14.0. The normalized spacial score (nSPS) is 12.7. The predicted molar refractivity (Wildman–Crippen MR) is 292 cm³/mol. The van der Waals surface area contributed by atoms with Crippen molar-refractivity contribution in [1.82, 2.24) is 5.32 Å². The Hall–Kier alpha value is -1.66. The van der Waals surface area contributed by atoms with Crippen LogP contribution in [0.3, 0.4) is 0 Å². The van der Waals surface area contributed by atoms with Gasteiger partial charge in [-0.1, -0.05) is 282 Å². The SMILES string of the molecule is CCCCCCCC/C=C\CCCCCCCCCC(=O)OCCCCCCCCCCCCCC(=O)NC(CO)C(O)/C=C/CCCCCCCCCCCCCCCCCCCCCC. The molecule has 67 heavy (non-hydrogen) atoms. The Morgan fingerprint density at radius 2 is 0.701 bits per heavy atom. The first-order valence-electron chi connectivity index (χ1n) is 30.1. The highest BCUT2D eigenvalue weighted by atomic mass is 16.5. The molecular weight excluding hydrogens is 827 g/mol. The summed E-state index contributed by atoms with van der Waals surface area (Å²) in [7, 11) is 0. The lowest BCUT2D eigenvalue weighted by atomic mass is 10.0. The number of unbranched alkanes of at least 4 members (excludes halogenated alkanes) is 43. The lowest BCUT2D eigenvalue weighted by Gasteiger charge is -2.20. The number of esters is 1. The van der Waals surface area contributed by atoms with Crippen LogP contribution in [0.25, 0.3) is 0 Å². The minimum absolute atomic E-state index is 0.0180. The van der Waals surface area contributed by atoms with E-state index in [2.05, 4.69) is 31.3 Å². The topological polar surface area (TPSA) is 95.9 Å². The number of aliphatic hydroxyl groups excluding tert-OH is 2. The van der Waals surface area contributed by atoms with E-state index in [1.807, 2.05) is 6.08 Å². The van der Waals surface area contributed by atoms with Crippen molar-refractivity contribution in [3.8, 4) is 0 Å². The number of hydrogen-bond acceptors (Lipinski definition) is 5. The number of carbonyl (C=O) groups excluding carboxylic acids is 2. The van der Waals surface area contributed by atoms with Gasteiger partial charge < -0.3 is 20.3 Å². The van der Waals surface area contributed by atoms with Crippen LogP contribution in [0.2, 0.25) is 0 Å². The second-order valence-corrected chi connectivity index (χ2v) is 20.7. The van der Waals surface area contributed by atoms with Crippen molar-refractivity contribution < 1.29 is 24.5 Å². The van der Waals surface area contributed by atoms with E-state index < -0.39 is 12.1 Å². The molecule has 2 unspecified atom stereocenters. The van der Waals surface area contributed by atoms with E-state index >= 15 is 0 Å². The zero-order valence-electron chi connectivity index (χ0n) is 45.1. The summed E-state index contributed by atoms with van der Waals surface area (Å²) < 4.78 is 5.47. The van der Waals surface area contributed by atoms with Crippen molar-refractivity contribution in [3.63, 3.8) is 0 Å². The molecule has 0 spiro atoms.